The number of aliphatic hydroxyl groups excluding tert-OH is 1. The third-order valence-electron chi connectivity index (χ3n) is 3.86. The minimum Gasteiger partial charge on any atom is -0.456 e. The Bertz CT molecular complexity index is 909. The van der Waals surface area contributed by atoms with Gasteiger partial charge < -0.3 is 14.1 Å². The lowest BCUT2D eigenvalue weighted by Gasteiger charge is -2.06. The van der Waals surface area contributed by atoms with Crippen LogP contribution >= 0.6 is 15.9 Å². The van der Waals surface area contributed by atoms with E-state index < -0.39 is 0 Å². The Morgan fingerprint density at radius 2 is 2.09 bits per heavy atom. The number of benzene rings is 1. The molecule has 3 aromatic rings. The molecule has 2 N–H and O–H groups in total. The smallest absolute Gasteiger partial charge is 0.142 e. The second-order valence-electron chi connectivity index (χ2n) is 5.34. The van der Waals surface area contributed by atoms with Crippen molar-refractivity contribution < 1.29 is 9.52 Å². The van der Waals surface area contributed by atoms with Crippen LogP contribution in [0.25, 0.3) is 22.3 Å². The third kappa shape index (κ3) is 2.40. The van der Waals surface area contributed by atoms with Crippen molar-refractivity contribution in [2.45, 2.75) is 20.4 Å². The van der Waals surface area contributed by atoms with Gasteiger partial charge in [-0.25, -0.2) is 0 Å². The summed E-state index contributed by atoms with van der Waals surface area (Å²) in [6.45, 7) is 4.41. The van der Waals surface area contributed by atoms with E-state index in [0.717, 1.165) is 37.9 Å². The summed E-state index contributed by atoms with van der Waals surface area (Å²) in [6, 6.07) is 7.89. The standard InChI is InChI=1S/C17H17BrN2O2/c1-10-9-20(6-7-21)17(19)13-8-15(22-16(10)13)12-4-3-5-14(18)11(12)2/h3-5,8-9,19,21H,6-7H2,1-2H3. The van der Waals surface area contributed by atoms with E-state index in [1.807, 2.05) is 44.3 Å². The van der Waals surface area contributed by atoms with Gasteiger partial charge in [-0.15, -0.1) is 0 Å². The number of furan rings is 1. The van der Waals surface area contributed by atoms with Crippen molar-refractivity contribution in [1.29, 1.82) is 5.41 Å². The molecule has 0 aliphatic heterocycles. The molecular formula is C17H17BrN2O2. The van der Waals surface area contributed by atoms with Crippen LogP contribution in [0.3, 0.4) is 0 Å². The molecule has 2 aromatic heterocycles. The molecule has 0 aliphatic carbocycles. The highest BCUT2D eigenvalue weighted by Gasteiger charge is 2.14. The molecular weight excluding hydrogens is 344 g/mol. The van der Waals surface area contributed by atoms with Crippen LogP contribution in [0.15, 0.2) is 39.4 Å². The maximum Gasteiger partial charge on any atom is 0.142 e. The fourth-order valence-electron chi connectivity index (χ4n) is 2.66. The second-order valence-corrected chi connectivity index (χ2v) is 6.20. The summed E-state index contributed by atoms with van der Waals surface area (Å²) < 4.78 is 8.79. The molecule has 22 heavy (non-hydrogen) atoms. The van der Waals surface area contributed by atoms with Crippen molar-refractivity contribution >= 4 is 26.9 Å². The second kappa shape index (κ2) is 5.74. The number of nitrogens with one attached hydrogen (secondary N) is 1. The zero-order valence-electron chi connectivity index (χ0n) is 12.5. The number of aromatic nitrogens is 1. The SMILES string of the molecule is Cc1c(Br)cccc1-c1cc2c(=N)n(CCO)cc(C)c2o1. The van der Waals surface area contributed by atoms with Crippen LogP contribution in [-0.4, -0.2) is 16.3 Å². The number of halogens is 1. The molecule has 4 nitrogen and oxygen atoms in total. The number of hydrogen-bond acceptors (Lipinski definition) is 3. The summed E-state index contributed by atoms with van der Waals surface area (Å²) in [4.78, 5) is 0. The Balaban J connectivity index is 2.26. The molecule has 0 spiro atoms. The van der Waals surface area contributed by atoms with Crippen molar-refractivity contribution in [3.05, 3.63) is 51.5 Å². The average molecular weight is 361 g/mol. The van der Waals surface area contributed by atoms with E-state index in [1.165, 1.54) is 0 Å². The van der Waals surface area contributed by atoms with Gasteiger partial charge in [-0.3, -0.25) is 5.41 Å². The van der Waals surface area contributed by atoms with Crippen LogP contribution in [0, 0.1) is 19.3 Å². The van der Waals surface area contributed by atoms with Crippen LogP contribution in [0.4, 0.5) is 0 Å². The number of rotatable bonds is 3. The first kappa shape index (κ1) is 15.1. The third-order valence-corrected chi connectivity index (χ3v) is 4.72. The number of hydrogen-bond donors (Lipinski definition) is 2. The lowest BCUT2D eigenvalue weighted by atomic mass is 10.1. The first-order valence-corrected chi connectivity index (χ1v) is 7.86. The first-order chi connectivity index (χ1) is 10.5. The highest BCUT2D eigenvalue weighted by atomic mass is 79.9. The minimum absolute atomic E-state index is 0.0109. The Kier molecular flexibility index (Phi) is 3.93. The zero-order valence-corrected chi connectivity index (χ0v) is 14.1. The molecule has 2 heterocycles. The van der Waals surface area contributed by atoms with Crippen LogP contribution in [0.1, 0.15) is 11.1 Å². The van der Waals surface area contributed by atoms with E-state index in [9.17, 15) is 0 Å². The Morgan fingerprint density at radius 1 is 1.32 bits per heavy atom. The molecule has 0 radical (unpaired) electrons. The van der Waals surface area contributed by atoms with Gasteiger partial charge in [-0.2, -0.15) is 0 Å². The molecule has 0 bridgehead atoms. The Morgan fingerprint density at radius 3 is 2.82 bits per heavy atom. The van der Waals surface area contributed by atoms with E-state index in [-0.39, 0.29) is 6.61 Å². The van der Waals surface area contributed by atoms with E-state index >= 15 is 0 Å². The molecule has 0 atom stereocenters. The van der Waals surface area contributed by atoms with Gasteiger partial charge in [-0.05, 0) is 31.5 Å². The van der Waals surface area contributed by atoms with Gasteiger partial charge in [0.15, 0.2) is 0 Å². The maximum absolute atomic E-state index is 9.12. The summed E-state index contributed by atoms with van der Waals surface area (Å²) in [7, 11) is 0. The Hall–Kier alpha value is -1.85. The fraction of sp³-hybridized carbons (Fsp3) is 0.235. The van der Waals surface area contributed by atoms with Gasteiger partial charge in [0.25, 0.3) is 0 Å². The monoisotopic (exact) mass is 360 g/mol. The van der Waals surface area contributed by atoms with Crippen molar-refractivity contribution in [2.75, 3.05) is 6.61 Å². The van der Waals surface area contributed by atoms with Crippen LogP contribution in [0.2, 0.25) is 0 Å². The number of aryl methyl sites for hydroxylation is 1. The average Bonchev–Trinajstić information content (AvgIpc) is 2.93. The van der Waals surface area contributed by atoms with E-state index in [0.29, 0.717) is 12.0 Å². The molecule has 0 aliphatic rings. The summed E-state index contributed by atoms with van der Waals surface area (Å²) >= 11 is 3.54. The zero-order chi connectivity index (χ0) is 15.9. The molecule has 1 aromatic carbocycles. The molecule has 114 valence electrons. The number of aliphatic hydroxyl groups is 1. The van der Waals surface area contributed by atoms with Crippen LogP contribution < -0.4 is 5.49 Å². The Labute approximate surface area is 136 Å². The van der Waals surface area contributed by atoms with Crippen LogP contribution in [-0.2, 0) is 6.54 Å². The maximum atomic E-state index is 9.12. The first-order valence-electron chi connectivity index (χ1n) is 7.07. The van der Waals surface area contributed by atoms with E-state index in [2.05, 4.69) is 15.9 Å². The molecule has 5 heteroatoms. The van der Waals surface area contributed by atoms with Gasteiger partial charge in [0.05, 0.1) is 12.0 Å². The highest BCUT2D eigenvalue weighted by molar-refractivity contribution is 9.10. The van der Waals surface area contributed by atoms with Crippen molar-refractivity contribution in [2.24, 2.45) is 0 Å². The topological polar surface area (TPSA) is 62.2 Å². The summed E-state index contributed by atoms with van der Waals surface area (Å²) in [5, 5.41) is 18.2. The predicted octanol–water partition coefficient (Wildman–Crippen LogP) is 3.75. The number of pyridine rings is 1. The summed E-state index contributed by atoms with van der Waals surface area (Å²) in [5.41, 5.74) is 4.16. The fourth-order valence-corrected chi connectivity index (χ4v) is 3.03. The lowest BCUT2D eigenvalue weighted by molar-refractivity contribution is 0.273. The molecule has 0 fully saturated rings. The number of nitrogens with zero attached hydrogens (tertiary/aromatic N) is 1. The van der Waals surface area contributed by atoms with Gasteiger partial charge >= 0.3 is 0 Å². The number of fused-ring (bicyclic) bond motifs is 1. The van der Waals surface area contributed by atoms with Gasteiger partial charge in [0.1, 0.15) is 16.8 Å². The highest BCUT2D eigenvalue weighted by Crippen LogP contribution is 2.32. The normalized spacial score (nSPS) is 11.3. The molecule has 3 rings (SSSR count). The van der Waals surface area contributed by atoms with Gasteiger partial charge in [0.2, 0.25) is 0 Å². The van der Waals surface area contributed by atoms with Crippen molar-refractivity contribution in [3.8, 4) is 11.3 Å². The minimum atomic E-state index is 0.0109. The molecule has 0 unspecified atom stereocenters. The lowest BCUT2D eigenvalue weighted by Crippen LogP contribution is -2.21. The van der Waals surface area contributed by atoms with Crippen molar-refractivity contribution in [1.82, 2.24) is 4.57 Å². The van der Waals surface area contributed by atoms with Gasteiger partial charge in [-0.1, -0.05) is 28.1 Å². The van der Waals surface area contributed by atoms with Crippen molar-refractivity contribution in [3.63, 3.8) is 0 Å². The largest absolute Gasteiger partial charge is 0.456 e. The quantitative estimate of drug-likeness (QED) is 0.746. The van der Waals surface area contributed by atoms with Gasteiger partial charge in [0, 0.05) is 28.3 Å². The van der Waals surface area contributed by atoms with E-state index in [1.54, 1.807) is 4.57 Å². The predicted molar refractivity (Wildman–Crippen MR) is 89.8 cm³/mol. The molecule has 0 amide bonds. The molecule has 0 saturated heterocycles. The van der Waals surface area contributed by atoms with E-state index in [4.69, 9.17) is 14.9 Å². The summed E-state index contributed by atoms with van der Waals surface area (Å²) in [5.74, 6) is 0.757. The summed E-state index contributed by atoms with van der Waals surface area (Å²) in [6.07, 6.45) is 1.85. The van der Waals surface area contributed by atoms with Crippen LogP contribution in [0.5, 0.6) is 0 Å². The molecule has 0 saturated carbocycles.